The van der Waals surface area contributed by atoms with Gasteiger partial charge in [-0.25, -0.2) is 4.98 Å². The van der Waals surface area contributed by atoms with E-state index in [2.05, 4.69) is 40.8 Å². The van der Waals surface area contributed by atoms with Crippen molar-refractivity contribution < 1.29 is 4.74 Å². The number of benzene rings is 1. The molecule has 20 heavy (non-hydrogen) atoms. The Balaban J connectivity index is 2.00. The molecule has 0 aliphatic carbocycles. The second-order valence-electron chi connectivity index (χ2n) is 5.39. The highest BCUT2D eigenvalue weighted by molar-refractivity contribution is 5.28. The summed E-state index contributed by atoms with van der Waals surface area (Å²) in [5, 5.41) is 3.45. The predicted molar refractivity (Wildman–Crippen MR) is 80.9 cm³/mol. The minimum absolute atomic E-state index is 0.657. The molecule has 0 aliphatic rings. The maximum absolute atomic E-state index is 5.26. The highest BCUT2D eigenvalue weighted by Crippen LogP contribution is 2.14. The van der Waals surface area contributed by atoms with Gasteiger partial charge in [0.1, 0.15) is 5.75 Å². The zero-order chi connectivity index (χ0) is 14.4. The first-order valence-electron chi connectivity index (χ1n) is 7.01. The Morgan fingerprint density at radius 3 is 2.95 bits per heavy atom. The van der Waals surface area contributed by atoms with E-state index in [-0.39, 0.29) is 0 Å². The SMILES string of the molecule is COc1cccc(Cn2cncc2CNCC(C)C)c1. The largest absolute Gasteiger partial charge is 0.497 e. The molecule has 4 nitrogen and oxygen atoms in total. The lowest BCUT2D eigenvalue weighted by molar-refractivity contribution is 0.414. The van der Waals surface area contributed by atoms with Gasteiger partial charge >= 0.3 is 0 Å². The van der Waals surface area contributed by atoms with E-state index in [0.29, 0.717) is 5.92 Å². The third-order valence-corrected chi connectivity index (χ3v) is 3.14. The Kier molecular flexibility index (Phi) is 5.18. The van der Waals surface area contributed by atoms with Crippen LogP contribution >= 0.6 is 0 Å². The van der Waals surface area contributed by atoms with E-state index >= 15 is 0 Å². The average molecular weight is 273 g/mol. The maximum Gasteiger partial charge on any atom is 0.119 e. The lowest BCUT2D eigenvalue weighted by Gasteiger charge is -2.11. The molecule has 2 rings (SSSR count). The second kappa shape index (κ2) is 7.10. The normalized spacial score (nSPS) is 11.0. The summed E-state index contributed by atoms with van der Waals surface area (Å²) in [6, 6.07) is 8.14. The topological polar surface area (TPSA) is 39.1 Å². The summed E-state index contributed by atoms with van der Waals surface area (Å²) in [6.07, 6.45) is 3.80. The molecule has 0 unspecified atom stereocenters. The van der Waals surface area contributed by atoms with E-state index in [1.807, 2.05) is 24.7 Å². The van der Waals surface area contributed by atoms with Crippen LogP contribution in [-0.4, -0.2) is 23.2 Å². The summed E-state index contributed by atoms with van der Waals surface area (Å²) in [7, 11) is 1.69. The third-order valence-electron chi connectivity index (χ3n) is 3.14. The highest BCUT2D eigenvalue weighted by atomic mass is 16.5. The Morgan fingerprint density at radius 2 is 2.20 bits per heavy atom. The van der Waals surface area contributed by atoms with E-state index in [1.54, 1.807) is 7.11 Å². The predicted octanol–water partition coefficient (Wildman–Crippen LogP) is 2.69. The van der Waals surface area contributed by atoms with Crippen molar-refractivity contribution in [3.63, 3.8) is 0 Å². The number of methoxy groups -OCH3 is 1. The Morgan fingerprint density at radius 1 is 1.35 bits per heavy atom. The molecule has 1 aromatic heterocycles. The number of nitrogens with zero attached hydrogens (tertiary/aromatic N) is 2. The third kappa shape index (κ3) is 4.10. The first-order chi connectivity index (χ1) is 9.69. The molecule has 0 spiro atoms. The average Bonchev–Trinajstić information content (AvgIpc) is 2.86. The van der Waals surface area contributed by atoms with E-state index in [4.69, 9.17) is 4.74 Å². The summed E-state index contributed by atoms with van der Waals surface area (Å²) in [6.45, 7) is 7.10. The molecule has 1 N–H and O–H groups in total. The van der Waals surface area contributed by atoms with E-state index in [1.165, 1.54) is 11.3 Å². The fraction of sp³-hybridized carbons (Fsp3) is 0.438. The molecule has 0 saturated heterocycles. The molecule has 2 aromatic rings. The van der Waals surface area contributed by atoms with Gasteiger partial charge in [0, 0.05) is 19.3 Å². The van der Waals surface area contributed by atoms with Crippen LogP contribution in [0.15, 0.2) is 36.8 Å². The minimum atomic E-state index is 0.657. The van der Waals surface area contributed by atoms with Crippen molar-refractivity contribution in [2.75, 3.05) is 13.7 Å². The summed E-state index contributed by atoms with van der Waals surface area (Å²) in [5.41, 5.74) is 2.42. The van der Waals surface area contributed by atoms with Gasteiger partial charge in [0.05, 0.1) is 19.1 Å². The molecular formula is C16H23N3O. The molecular weight excluding hydrogens is 250 g/mol. The zero-order valence-electron chi connectivity index (χ0n) is 12.5. The lowest BCUT2D eigenvalue weighted by atomic mass is 10.2. The number of hydrogen-bond donors (Lipinski definition) is 1. The van der Waals surface area contributed by atoms with Crippen molar-refractivity contribution in [3.05, 3.63) is 48.0 Å². The van der Waals surface area contributed by atoms with Gasteiger partial charge in [-0.05, 0) is 30.2 Å². The summed E-state index contributed by atoms with van der Waals surface area (Å²) >= 11 is 0. The first-order valence-corrected chi connectivity index (χ1v) is 7.01. The molecule has 0 fully saturated rings. The van der Waals surface area contributed by atoms with E-state index in [0.717, 1.165) is 25.4 Å². The molecule has 108 valence electrons. The van der Waals surface area contributed by atoms with Crippen molar-refractivity contribution in [3.8, 4) is 5.75 Å². The summed E-state index contributed by atoms with van der Waals surface area (Å²) < 4.78 is 7.43. The minimum Gasteiger partial charge on any atom is -0.497 e. The number of ether oxygens (including phenoxy) is 1. The first kappa shape index (κ1) is 14.6. The maximum atomic E-state index is 5.26. The standard InChI is InChI=1S/C16H23N3O/c1-13(2)8-17-9-15-10-18-12-19(15)11-14-5-4-6-16(7-14)20-3/h4-7,10,12-13,17H,8-9,11H2,1-3H3. The van der Waals surface area contributed by atoms with Crippen LogP contribution in [0.5, 0.6) is 5.75 Å². The molecule has 1 aromatic carbocycles. The monoisotopic (exact) mass is 273 g/mol. The van der Waals surface area contributed by atoms with Crippen LogP contribution in [0.25, 0.3) is 0 Å². The Hall–Kier alpha value is -1.81. The fourth-order valence-electron chi connectivity index (χ4n) is 2.09. The fourth-order valence-corrected chi connectivity index (χ4v) is 2.09. The van der Waals surface area contributed by atoms with Crippen molar-refractivity contribution in [2.24, 2.45) is 5.92 Å². The molecule has 0 amide bonds. The number of hydrogen-bond acceptors (Lipinski definition) is 3. The molecule has 4 heteroatoms. The van der Waals surface area contributed by atoms with Gasteiger partial charge in [-0.15, -0.1) is 0 Å². The number of imidazole rings is 1. The second-order valence-corrected chi connectivity index (χ2v) is 5.39. The van der Waals surface area contributed by atoms with E-state index < -0.39 is 0 Å². The van der Waals surface area contributed by atoms with E-state index in [9.17, 15) is 0 Å². The van der Waals surface area contributed by atoms with Gasteiger partial charge in [0.2, 0.25) is 0 Å². The molecule has 0 atom stereocenters. The van der Waals surface area contributed by atoms with Crippen LogP contribution < -0.4 is 10.1 Å². The number of rotatable bonds is 7. The van der Waals surface area contributed by atoms with Crippen molar-refractivity contribution in [2.45, 2.75) is 26.9 Å². The van der Waals surface area contributed by atoms with Crippen molar-refractivity contribution in [1.29, 1.82) is 0 Å². The number of nitrogens with one attached hydrogen (secondary N) is 1. The highest BCUT2D eigenvalue weighted by Gasteiger charge is 2.04. The molecule has 0 aliphatic heterocycles. The molecule has 1 heterocycles. The van der Waals surface area contributed by atoms with Gasteiger partial charge < -0.3 is 14.6 Å². The Labute approximate surface area is 120 Å². The molecule has 0 bridgehead atoms. The van der Waals surface area contributed by atoms with Crippen LogP contribution in [0.1, 0.15) is 25.1 Å². The number of aromatic nitrogens is 2. The van der Waals surface area contributed by atoms with Gasteiger partial charge in [-0.2, -0.15) is 0 Å². The van der Waals surface area contributed by atoms with Crippen LogP contribution in [0.2, 0.25) is 0 Å². The van der Waals surface area contributed by atoms with Crippen LogP contribution in [0.3, 0.4) is 0 Å². The smallest absolute Gasteiger partial charge is 0.119 e. The summed E-state index contributed by atoms with van der Waals surface area (Å²) in [4.78, 5) is 4.25. The lowest BCUT2D eigenvalue weighted by Crippen LogP contribution is -2.20. The van der Waals surface area contributed by atoms with Gasteiger partial charge in [0.25, 0.3) is 0 Å². The quantitative estimate of drug-likeness (QED) is 0.843. The molecule has 0 radical (unpaired) electrons. The van der Waals surface area contributed by atoms with Gasteiger partial charge in [0.15, 0.2) is 0 Å². The van der Waals surface area contributed by atoms with Crippen molar-refractivity contribution in [1.82, 2.24) is 14.9 Å². The van der Waals surface area contributed by atoms with Gasteiger partial charge in [-0.3, -0.25) is 0 Å². The van der Waals surface area contributed by atoms with Gasteiger partial charge in [-0.1, -0.05) is 26.0 Å². The zero-order valence-corrected chi connectivity index (χ0v) is 12.5. The Bertz CT molecular complexity index is 534. The van der Waals surface area contributed by atoms with Crippen LogP contribution in [-0.2, 0) is 13.1 Å². The molecule has 0 saturated carbocycles. The summed E-state index contributed by atoms with van der Waals surface area (Å²) in [5.74, 6) is 1.55. The van der Waals surface area contributed by atoms with Crippen LogP contribution in [0, 0.1) is 5.92 Å². The van der Waals surface area contributed by atoms with Crippen molar-refractivity contribution >= 4 is 0 Å². The van der Waals surface area contributed by atoms with Crippen LogP contribution in [0.4, 0.5) is 0 Å².